The minimum atomic E-state index is -0.428. The number of ketones is 1. The average Bonchev–Trinajstić information content (AvgIpc) is 2.98. The van der Waals surface area contributed by atoms with Gasteiger partial charge in [-0.3, -0.25) is 4.79 Å². The van der Waals surface area contributed by atoms with Gasteiger partial charge in [0.2, 0.25) is 5.78 Å². The lowest BCUT2D eigenvalue weighted by atomic mass is 10.1. The second-order valence-corrected chi connectivity index (χ2v) is 6.92. The zero-order chi connectivity index (χ0) is 19.7. The average molecular weight is 415 g/mol. The van der Waals surface area contributed by atoms with Crippen LogP contribution in [0.25, 0.3) is 6.08 Å². The minimum absolute atomic E-state index is 0.0615. The second-order valence-electron chi connectivity index (χ2n) is 6.11. The summed E-state index contributed by atoms with van der Waals surface area (Å²) in [5.74, 6) is 0.179. The zero-order valence-corrected chi connectivity index (χ0v) is 15.9. The van der Waals surface area contributed by atoms with Crippen molar-refractivity contribution in [2.24, 2.45) is 0 Å². The monoisotopic (exact) mass is 414 g/mol. The van der Waals surface area contributed by atoms with Crippen LogP contribution in [0.3, 0.4) is 0 Å². The van der Waals surface area contributed by atoms with Crippen LogP contribution in [-0.2, 0) is 6.61 Å². The van der Waals surface area contributed by atoms with Crippen molar-refractivity contribution in [2.75, 3.05) is 0 Å². The van der Waals surface area contributed by atoms with Gasteiger partial charge in [-0.25, -0.2) is 4.39 Å². The van der Waals surface area contributed by atoms with Gasteiger partial charge in [-0.15, -0.1) is 0 Å². The predicted octanol–water partition coefficient (Wildman–Crippen LogP) is 6.33. The summed E-state index contributed by atoms with van der Waals surface area (Å²) in [6.45, 7) is 0.170. The number of hydrogen-bond donors (Lipinski definition) is 0. The molecule has 0 spiro atoms. The quantitative estimate of drug-likeness (QED) is 0.468. The first-order valence-electron chi connectivity index (χ1n) is 8.41. The van der Waals surface area contributed by atoms with Crippen LogP contribution >= 0.6 is 23.2 Å². The molecule has 3 aromatic rings. The Morgan fingerprint density at radius 1 is 1.00 bits per heavy atom. The van der Waals surface area contributed by atoms with E-state index in [-0.39, 0.29) is 23.7 Å². The highest BCUT2D eigenvalue weighted by Gasteiger charge is 2.28. The molecule has 0 atom stereocenters. The van der Waals surface area contributed by atoms with Gasteiger partial charge in [-0.1, -0.05) is 47.5 Å². The summed E-state index contributed by atoms with van der Waals surface area (Å²) in [5, 5.41) is 1.02. The number of benzene rings is 3. The van der Waals surface area contributed by atoms with Gasteiger partial charge in [0.1, 0.15) is 23.9 Å². The molecule has 0 amide bonds. The van der Waals surface area contributed by atoms with Crippen LogP contribution in [0, 0.1) is 5.82 Å². The molecule has 0 N–H and O–H groups in total. The maximum atomic E-state index is 13.8. The van der Waals surface area contributed by atoms with E-state index in [4.69, 9.17) is 32.7 Å². The minimum Gasteiger partial charge on any atom is -0.489 e. The molecular weight excluding hydrogens is 402 g/mol. The number of halogens is 3. The van der Waals surface area contributed by atoms with Crippen LogP contribution < -0.4 is 9.47 Å². The molecule has 0 aliphatic carbocycles. The van der Waals surface area contributed by atoms with Crippen molar-refractivity contribution in [3.8, 4) is 11.5 Å². The molecule has 0 unspecified atom stereocenters. The van der Waals surface area contributed by atoms with E-state index in [1.54, 1.807) is 54.6 Å². The Morgan fingerprint density at radius 3 is 2.50 bits per heavy atom. The van der Waals surface area contributed by atoms with E-state index < -0.39 is 5.82 Å². The largest absolute Gasteiger partial charge is 0.489 e. The van der Waals surface area contributed by atoms with Crippen molar-refractivity contribution in [2.45, 2.75) is 6.61 Å². The third-order valence-electron chi connectivity index (χ3n) is 4.28. The van der Waals surface area contributed by atoms with Gasteiger partial charge >= 0.3 is 0 Å². The number of fused-ring (bicyclic) bond motifs is 1. The lowest BCUT2D eigenvalue weighted by Gasteiger charge is -2.10. The Morgan fingerprint density at radius 2 is 1.75 bits per heavy atom. The Hall–Kier alpha value is -2.82. The van der Waals surface area contributed by atoms with Gasteiger partial charge in [-0.2, -0.15) is 0 Å². The highest BCUT2D eigenvalue weighted by atomic mass is 35.5. The molecule has 4 rings (SSSR count). The molecule has 0 bridgehead atoms. The van der Waals surface area contributed by atoms with Crippen molar-refractivity contribution in [1.82, 2.24) is 0 Å². The zero-order valence-electron chi connectivity index (χ0n) is 14.4. The van der Waals surface area contributed by atoms with Crippen LogP contribution in [0.1, 0.15) is 21.5 Å². The first-order valence-corrected chi connectivity index (χ1v) is 9.17. The number of carbonyl (C=O) groups excluding carboxylic acids is 1. The summed E-state index contributed by atoms with van der Waals surface area (Å²) < 4.78 is 25.2. The first kappa shape index (κ1) is 18.5. The smallest absolute Gasteiger partial charge is 0.231 e. The maximum absolute atomic E-state index is 13.8. The third-order valence-corrected chi connectivity index (χ3v) is 4.99. The molecule has 28 heavy (non-hydrogen) atoms. The standard InChI is InChI=1S/C22H13Cl2FO3/c23-17-5-3-6-18(24)16(17)12-27-14-8-9-15-20(11-14)28-21(22(15)26)10-13-4-1-2-7-19(13)25/h1-11H,12H2. The van der Waals surface area contributed by atoms with E-state index >= 15 is 0 Å². The van der Waals surface area contributed by atoms with Crippen LogP contribution in [0.15, 0.2) is 66.4 Å². The fourth-order valence-electron chi connectivity index (χ4n) is 2.82. The van der Waals surface area contributed by atoms with Crippen molar-refractivity contribution >= 4 is 35.1 Å². The Bertz CT molecular complexity index is 1090. The Balaban J connectivity index is 1.55. The summed E-state index contributed by atoms with van der Waals surface area (Å²) in [4.78, 5) is 12.5. The van der Waals surface area contributed by atoms with Crippen molar-refractivity contribution < 1.29 is 18.7 Å². The summed E-state index contributed by atoms with van der Waals surface area (Å²) >= 11 is 12.3. The molecule has 140 valence electrons. The van der Waals surface area contributed by atoms with Gasteiger partial charge in [0.15, 0.2) is 5.76 Å². The Kier molecular flexibility index (Phi) is 5.07. The van der Waals surface area contributed by atoms with E-state index in [9.17, 15) is 9.18 Å². The van der Waals surface area contributed by atoms with Crippen LogP contribution in [0.5, 0.6) is 11.5 Å². The summed E-state index contributed by atoms with van der Waals surface area (Å²) in [6.07, 6.45) is 1.39. The van der Waals surface area contributed by atoms with Gasteiger partial charge in [0.05, 0.1) is 5.56 Å². The molecule has 3 nitrogen and oxygen atoms in total. The summed E-state index contributed by atoms with van der Waals surface area (Å²) in [5.41, 5.74) is 1.35. The third kappa shape index (κ3) is 3.61. The van der Waals surface area contributed by atoms with Crippen molar-refractivity contribution in [3.63, 3.8) is 0 Å². The SMILES string of the molecule is O=C1C(=Cc2ccccc2F)Oc2cc(OCc3c(Cl)cccc3Cl)ccc21. The number of ether oxygens (including phenoxy) is 2. The normalized spacial score (nSPS) is 14.1. The van der Waals surface area contributed by atoms with Crippen LogP contribution in [-0.4, -0.2) is 5.78 Å². The molecule has 0 saturated carbocycles. The highest BCUT2D eigenvalue weighted by Crippen LogP contribution is 2.35. The van der Waals surface area contributed by atoms with Crippen LogP contribution in [0.2, 0.25) is 10.0 Å². The van der Waals surface area contributed by atoms with E-state index in [0.29, 0.717) is 32.7 Å². The topological polar surface area (TPSA) is 35.5 Å². The predicted molar refractivity (Wildman–Crippen MR) is 107 cm³/mol. The lowest BCUT2D eigenvalue weighted by molar-refractivity contribution is 0.101. The fourth-order valence-corrected chi connectivity index (χ4v) is 3.32. The molecule has 0 saturated heterocycles. The summed E-state index contributed by atoms with van der Waals surface area (Å²) in [7, 11) is 0. The molecule has 1 aliphatic heterocycles. The van der Waals surface area contributed by atoms with Gasteiger partial charge in [-0.05, 0) is 36.4 Å². The molecule has 0 fully saturated rings. The van der Waals surface area contributed by atoms with Crippen molar-refractivity contribution in [3.05, 3.63) is 99.0 Å². The lowest BCUT2D eigenvalue weighted by Crippen LogP contribution is -1.98. The first-order chi connectivity index (χ1) is 13.5. The molecule has 6 heteroatoms. The molecule has 3 aromatic carbocycles. The molecule has 1 heterocycles. The van der Waals surface area contributed by atoms with E-state index in [0.717, 1.165) is 0 Å². The second kappa shape index (κ2) is 7.66. The van der Waals surface area contributed by atoms with Gasteiger partial charge in [0.25, 0.3) is 0 Å². The molecule has 0 aromatic heterocycles. The number of Topliss-reactive ketones (excluding diaryl/α,β-unsaturated/α-hetero) is 1. The molecular formula is C22H13Cl2FO3. The van der Waals surface area contributed by atoms with E-state index in [1.807, 2.05) is 0 Å². The number of carbonyl (C=O) groups is 1. The van der Waals surface area contributed by atoms with E-state index in [2.05, 4.69) is 0 Å². The van der Waals surface area contributed by atoms with Gasteiger partial charge < -0.3 is 9.47 Å². The van der Waals surface area contributed by atoms with Gasteiger partial charge in [0, 0.05) is 27.2 Å². The summed E-state index contributed by atoms with van der Waals surface area (Å²) in [6, 6.07) is 16.3. The number of hydrogen-bond acceptors (Lipinski definition) is 3. The van der Waals surface area contributed by atoms with Crippen LogP contribution in [0.4, 0.5) is 4.39 Å². The number of allylic oxidation sites excluding steroid dienone is 1. The molecule has 0 radical (unpaired) electrons. The molecule has 1 aliphatic rings. The highest BCUT2D eigenvalue weighted by molar-refractivity contribution is 6.35. The maximum Gasteiger partial charge on any atom is 0.231 e. The number of rotatable bonds is 4. The Labute approximate surface area is 170 Å². The van der Waals surface area contributed by atoms with E-state index in [1.165, 1.54) is 12.1 Å². The van der Waals surface area contributed by atoms with Crippen molar-refractivity contribution in [1.29, 1.82) is 0 Å². The fraction of sp³-hybridized carbons (Fsp3) is 0.0455.